The molecule has 198 valence electrons. The molecule has 0 saturated heterocycles. The Labute approximate surface area is 216 Å². The van der Waals surface area contributed by atoms with Crippen molar-refractivity contribution in [3.05, 3.63) is 31.5 Å². The van der Waals surface area contributed by atoms with Crippen molar-refractivity contribution in [2.24, 2.45) is 22.0 Å². The maximum Gasteiger partial charge on any atom is 0.338 e. The van der Waals surface area contributed by atoms with Crippen molar-refractivity contribution in [3.63, 3.8) is 0 Å². The minimum atomic E-state index is -1.49. The monoisotopic (exact) mass is 496 g/mol. The lowest BCUT2D eigenvalue weighted by Crippen LogP contribution is -2.67. The third-order valence-corrected chi connectivity index (χ3v) is 6.59. The van der Waals surface area contributed by atoms with E-state index in [0.717, 1.165) is 13.7 Å². The number of nitrogens with two attached hydrogens (primary N) is 1. The van der Waals surface area contributed by atoms with Gasteiger partial charge < -0.3 is 5.73 Å². The van der Waals surface area contributed by atoms with Crippen molar-refractivity contribution in [3.8, 4) is 37.0 Å². The second-order valence-corrected chi connectivity index (χ2v) is 13.5. The number of aromatic nitrogens is 3. The molecule has 1 heterocycles. The van der Waals surface area contributed by atoms with E-state index in [0.29, 0.717) is 12.8 Å². The molecule has 0 spiro atoms. The largest absolute Gasteiger partial charge is 0.338 e. The average molecular weight is 497 g/mol. The van der Waals surface area contributed by atoms with Gasteiger partial charge in [0.25, 0.3) is 0 Å². The first kappa shape index (κ1) is 31.1. The highest BCUT2D eigenvalue weighted by Gasteiger charge is 2.41. The van der Waals surface area contributed by atoms with Crippen LogP contribution in [-0.2, 0) is 16.7 Å². The summed E-state index contributed by atoms with van der Waals surface area (Å²) in [6, 6.07) is 0. The fourth-order valence-corrected chi connectivity index (χ4v) is 5.47. The molecule has 1 aromatic heterocycles. The molecule has 2 N–H and O–H groups in total. The summed E-state index contributed by atoms with van der Waals surface area (Å²) in [4.78, 5) is 41.9. The Morgan fingerprint density at radius 3 is 1.08 bits per heavy atom. The summed E-state index contributed by atoms with van der Waals surface area (Å²) in [5, 5.41) is 0. The van der Waals surface area contributed by atoms with Gasteiger partial charge in [0.05, 0.1) is 11.1 Å². The lowest BCUT2D eigenvalue weighted by atomic mass is 9.80. The quantitative estimate of drug-likeness (QED) is 0.530. The van der Waals surface area contributed by atoms with Crippen molar-refractivity contribution in [2.75, 3.05) is 0 Å². The van der Waals surface area contributed by atoms with Crippen LogP contribution in [0.5, 0.6) is 0 Å². The summed E-state index contributed by atoms with van der Waals surface area (Å²) in [6.45, 7) is 19.6. The van der Waals surface area contributed by atoms with Crippen LogP contribution < -0.4 is 22.8 Å². The molecule has 7 heteroatoms. The third-order valence-electron chi connectivity index (χ3n) is 6.59. The van der Waals surface area contributed by atoms with Crippen LogP contribution in [-0.4, -0.2) is 13.7 Å². The van der Waals surface area contributed by atoms with Gasteiger partial charge in [-0.1, -0.05) is 0 Å². The third kappa shape index (κ3) is 6.43. The fraction of sp³-hybridized carbons (Fsp3) is 0.690. The predicted molar refractivity (Wildman–Crippen MR) is 147 cm³/mol. The van der Waals surface area contributed by atoms with E-state index in [1.165, 1.54) is 0 Å². The van der Waals surface area contributed by atoms with Gasteiger partial charge in [-0.3, -0.25) is 0 Å². The number of rotatable bonds is 9. The van der Waals surface area contributed by atoms with Crippen LogP contribution >= 0.6 is 0 Å². The summed E-state index contributed by atoms with van der Waals surface area (Å²) in [5.41, 5.74) is -1.23. The molecule has 0 aliphatic heterocycles. The maximum atomic E-state index is 14.0. The van der Waals surface area contributed by atoms with Gasteiger partial charge in [0, 0.05) is 22.7 Å². The summed E-state index contributed by atoms with van der Waals surface area (Å²) >= 11 is 0. The highest BCUT2D eigenvalue weighted by atomic mass is 16.2. The van der Waals surface area contributed by atoms with Crippen LogP contribution in [0.2, 0.25) is 0 Å². The molecular formula is C29H44N4O3. The zero-order valence-corrected chi connectivity index (χ0v) is 24.0. The molecular weight excluding hydrogens is 452 g/mol. The van der Waals surface area contributed by atoms with Crippen molar-refractivity contribution >= 4 is 0 Å². The van der Waals surface area contributed by atoms with Gasteiger partial charge in [-0.15, -0.1) is 37.0 Å². The lowest BCUT2D eigenvalue weighted by molar-refractivity contribution is 0.147. The molecule has 0 aliphatic rings. The normalized spacial score (nSPS) is 14.9. The van der Waals surface area contributed by atoms with Crippen molar-refractivity contribution in [1.82, 2.24) is 13.7 Å². The van der Waals surface area contributed by atoms with Crippen molar-refractivity contribution < 1.29 is 0 Å². The molecule has 0 saturated carbocycles. The van der Waals surface area contributed by atoms with E-state index >= 15 is 0 Å². The zero-order chi connectivity index (χ0) is 28.7. The Morgan fingerprint density at radius 2 is 0.806 bits per heavy atom. The van der Waals surface area contributed by atoms with Crippen LogP contribution in [0.3, 0.4) is 0 Å². The number of nitrogens with zero attached hydrogens (tertiary/aromatic N) is 3. The van der Waals surface area contributed by atoms with Gasteiger partial charge in [-0.25, -0.2) is 28.1 Å². The second-order valence-electron chi connectivity index (χ2n) is 13.5. The molecule has 36 heavy (non-hydrogen) atoms. The van der Waals surface area contributed by atoms with E-state index in [4.69, 9.17) is 25.0 Å². The number of hydrogen-bond donors (Lipinski definition) is 1. The molecule has 0 aromatic carbocycles. The Kier molecular flexibility index (Phi) is 8.20. The highest BCUT2D eigenvalue weighted by Crippen LogP contribution is 2.33. The van der Waals surface area contributed by atoms with Crippen LogP contribution in [0, 0.1) is 53.3 Å². The van der Waals surface area contributed by atoms with Gasteiger partial charge in [0.15, 0.2) is 0 Å². The van der Waals surface area contributed by atoms with Gasteiger partial charge >= 0.3 is 17.1 Å². The SMILES string of the molecule is C#CC(C)(C)CC(C)(C)n1c(=O)n(C(C)(C)CC(C)(C)C#C)c(=O)n(C(C)(N)CC(C)(C)C#C)c1=O. The van der Waals surface area contributed by atoms with Gasteiger partial charge in [-0.2, -0.15) is 0 Å². The molecule has 1 aromatic rings. The standard InChI is InChI=1S/C29H44N4O3/c1-15-24(4,5)18-27(10,11)31-21(34)32(28(12,13)19-25(6,7)16-2)23(36)33(22(31)35)29(14,30)20-26(8,9)17-3/h1-3H,18-20,30H2,4-14H3. The van der Waals surface area contributed by atoms with Crippen LogP contribution in [0.15, 0.2) is 14.4 Å². The first-order chi connectivity index (χ1) is 15.9. The minimum Gasteiger partial charge on any atom is -0.308 e. The zero-order valence-electron chi connectivity index (χ0n) is 24.0. The summed E-state index contributed by atoms with van der Waals surface area (Å²) in [5.74, 6) is 8.11. The predicted octanol–water partition coefficient (Wildman–Crippen LogP) is 3.42. The minimum absolute atomic E-state index is 0.121. The second kappa shape index (κ2) is 9.49. The van der Waals surface area contributed by atoms with E-state index in [-0.39, 0.29) is 6.42 Å². The van der Waals surface area contributed by atoms with Gasteiger partial charge in [-0.05, 0) is 89.0 Å². The van der Waals surface area contributed by atoms with Gasteiger partial charge in [0.2, 0.25) is 0 Å². The molecule has 7 nitrogen and oxygen atoms in total. The number of hydrogen-bond acceptors (Lipinski definition) is 4. The maximum absolute atomic E-state index is 14.0. The van der Waals surface area contributed by atoms with Crippen LogP contribution in [0.4, 0.5) is 0 Å². The van der Waals surface area contributed by atoms with Crippen molar-refractivity contribution in [1.29, 1.82) is 0 Å². The Bertz CT molecular complexity index is 1110. The topological polar surface area (TPSA) is 92.0 Å². The van der Waals surface area contributed by atoms with E-state index < -0.39 is 50.1 Å². The van der Waals surface area contributed by atoms with Crippen LogP contribution in [0.25, 0.3) is 0 Å². The first-order valence-electron chi connectivity index (χ1n) is 12.2. The molecule has 0 bridgehead atoms. The average Bonchev–Trinajstić information content (AvgIpc) is 2.64. The first-order valence-corrected chi connectivity index (χ1v) is 12.2. The molecule has 1 rings (SSSR count). The summed E-state index contributed by atoms with van der Waals surface area (Å²) < 4.78 is 3.17. The van der Waals surface area contributed by atoms with E-state index in [2.05, 4.69) is 17.8 Å². The van der Waals surface area contributed by atoms with E-state index in [1.807, 2.05) is 27.7 Å². The van der Waals surface area contributed by atoms with E-state index in [1.54, 1.807) is 48.5 Å². The fourth-order valence-electron chi connectivity index (χ4n) is 5.47. The van der Waals surface area contributed by atoms with Crippen molar-refractivity contribution in [2.45, 2.75) is 112 Å². The molecule has 0 fully saturated rings. The Hall–Kier alpha value is -2.95. The van der Waals surface area contributed by atoms with Gasteiger partial charge in [0.1, 0.15) is 5.66 Å². The lowest BCUT2D eigenvalue weighted by Gasteiger charge is -2.39. The smallest absolute Gasteiger partial charge is 0.308 e. The highest BCUT2D eigenvalue weighted by molar-refractivity contribution is 5.08. The number of terminal acetylenes is 3. The summed E-state index contributed by atoms with van der Waals surface area (Å²) in [7, 11) is 0. The summed E-state index contributed by atoms with van der Waals surface area (Å²) in [6.07, 6.45) is 17.9. The Morgan fingerprint density at radius 1 is 0.556 bits per heavy atom. The van der Waals surface area contributed by atoms with Crippen LogP contribution in [0.1, 0.15) is 95.4 Å². The van der Waals surface area contributed by atoms with E-state index in [9.17, 15) is 14.4 Å². The molecule has 1 atom stereocenters. The molecule has 0 radical (unpaired) electrons. The molecule has 0 aliphatic carbocycles. The molecule has 1 unspecified atom stereocenters. The Balaban J connectivity index is 4.29. The molecule has 0 amide bonds.